The Morgan fingerprint density at radius 2 is 1.05 bits per heavy atom. The zero-order valence-electron chi connectivity index (χ0n) is 12.0. The van der Waals surface area contributed by atoms with E-state index in [4.69, 9.17) is 0 Å². The Morgan fingerprint density at radius 3 is 1.45 bits per heavy atom. The van der Waals surface area contributed by atoms with Gasteiger partial charge in [-0.25, -0.2) is 0 Å². The number of hydrogen-bond donors (Lipinski definition) is 1. The van der Waals surface area contributed by atoms with Crippen LogP contribution in [0.4, 0.5) is 0 Å². The van der Waals surface area contributed by atoms with Gasteiger partial charge in [0.05, 0.1) is 0 Å². The first-order valence-corrected chi connectivity index (χ1v) is 7.14. The molecule has 0 fully saturated rings. The first-order valence-electron chi connectivity index (χ1n) is 7.14. The maximum atomic E-state index is 11.5. The van der Waals surface area contributed by atoms with Gasteiger partial charge in [0.15, 0.2) is 0 Å². The van der Waals surface area contributed by atoms with Crippen LogP contribution in [0.1, 0.15) is 27.0 Å². The highest BCUT2D eigenvalue weighted by atomic mass is 16.3. The third-order valence-corrected chi connectivity index (χ3v) is 3.85. The van der Waals surface area contributed by atoms with Crippen molar-refractivity contribution in [2.24, 2.45) is 0 Å². The average Bonchev–Trinajstić information content (AvgIpc) is 2.62. The van der Waals surface area contributed by atoms with Crippen molar-refractivity contribution in [2.45, 2.75) is 5.60 Å². The molecule has 3 rings (SSSR count). The van der Waals surface area contributed by atoms with Crippen molar-refractivity contribution in [3.8, 4) is 0 Å². The molecule has 0 unspecified atom stereocenters. The third-order valence-electron chi connectivity index (χ3n) is 3.85. The number of carbonyl (C=O) groups excluding carboxylic acids is 1. The van der Waals surface area contributed by atoms with Crippen LogP contribution < -0.4 is 0 Å². The molecule has 3 aromatic carbocycles. The predicted molar refractivity (Wildman–Crippen MR) is 86.8 cm³/mol. The average molecular weight is 288 g/mol. The Kier molecular flexibility index (Phi) is 3.86. The molecule has 108 valence electrons. The van der Waals surface area contributed by atoms with Crippen LogP contribution in [0.15, 0.2) is 84.9 Å². The molecule has 0 aliphatic rings. The molecule has 22 heavy (non-hydrogen) atoms. The van der Waals surface area contributed by atoms with E-state index in [2.05, 4.69) is 0 Å². The number of rotatable bonds is 4. The first-order chi connectivity index (χ1) is 10.7. The van der Waals surface area contributed by atoms with E-state index in [1.54, 1.807) is 24.3 Å². The van der Waals surface area contributed by atoms with E-state index < -0.39 is 5.60 Å². The highest BCUT2D eigenvalue weighted by Gasteiger charge is 2.33. The number of benzene rings is 3. The molecule has 0 heterocycles. The molecule has 1 N–H and O–H groups in total. The van der Waals surface area contributed by atoms with Gasteiger partial charge in [-0.2, -0.15) is 0 Å². The summed E-state index contributed by atoms with van der Waals surface area (Å²) in [5.74, 6) is 0. The third kappa shape index (κ3) is 2.45. The van der Waals surface area contributed by atoms with Crippen molar-refractivity contribution in [2.75, 3.05) is 0 Å². The van der Waals surface area contributed by atoms with Gasteiger partial charge >= 0.3 is 0 Å². The summed E-state index contributed by atoms with van der Waals surface area (Å²) in [6, 6.07) is 26.1. The van der Waals surface area contributed by atoms with Crippen LogP contribution >= 0.6 is 0 Å². The zero-order chi connectivity index (χ0) is 15.4. The maximum Gasteiger partial charge on any atom is 0.150 e. The lowest BCUT2D eigenvalue weighted by atomic mass is 9.80. The minimum Gasteiger partial charge on any atom is -0.376 e. The van der Waals surface area contributed by atoms with E-state index in [1.807, 2.05) is 60.7 Å². The molecule has 0 aromatic heterocycles. The van der Waals surface area contributed by atoms with Gasteiger partial charge in [0.2, 0.25) is 0 Å². The van der Waals surface area contributed by atoms with Crippen molar-refractivity contribution in [1.29, 1.82) is 0 Å². The minimum atomic E-state index is -1.25. The topological polar surface area (TPSA) is 37.3 Å². The van der Waals surface area contributed by atoms with Crippen LogP contribution in [0.5, 0.6) is 0 Å². The minimum absolute atomic E-state index is 0.590. The van der Waals surface area contributed by atoms with Crippen LogP contribution in [0, 0.1) is 0 Å². The van der Waals surface area contributed by atoms with Crippen molar-refractivity contribution in [1.82, 2.24) is 0 Å². The monoisotopic (exact) mass is 288 g/mol. The van der Waals surface area contributed by atoms with Gasteiger partial charge in [-0.1, -0.05) is 84.9 Å². The fraction of sp³-hybridized carbons (Fsp3) is 0.0500. The lowest BCUT2D eigenvalue weighted by molar-refractivity contribution is 0.112. The van der Waals surface area contributed by atoms with E-state index in [9.17, 15) is 9.90 Å². The normalized spacial score (nSPS) is 11.1. The molecule has 0 aliphatic carbocycles. The molecular weight excluding hydrogens is 272 g/mol. The van der Waals surface area contributed by atoms with Crippen LogP contribution in [0.3, 0.4) is 0 Å². The highest BCUT2D eigenvalue weighted by molar-refractivity contribution is 5.74. The van der Waals surface area contributed by atoms with E-state index in [0.717, 1.165) is 23.0 Å². The van der Waals surface area contributed by atoms with Gasteiger partial charge in [0.25, 0.3) is 0 Å². The number of aldehydes is 1. The number of aliphatic hydroxyl groups is 1. The molecule has 0 bridgehead atoms. The first kappa shape index (κ1) is 14.2. The van der Waals surface area contributed by atoms with Gasteiger partial charge in [0, 0.05) is 5.56 Å². The van der Waals surface area contributed by atoms with Crippen molar-refractivity contribution < 1.29 is 9.90 Å². The van der Waals surface area contributed by atoms with Crippen LogP contribution in [0.25, 0.3) is 0 Å². The molecule has 0 aliphatic heterocycles. The molecule has 2 heteroatoms. The lowest BCUT2D eigenvalue weighted by Gasteiger charge is -2.30. The molecule has 0 saturated carbocycles. The summed E-state index contributed by atoms with van der Waals surface area (Å²) < 4.78 is 0. The van der Waals surface area contributed by atoms with Crippen molar-refractivity contribution in [3.63, 3.8) is 0 Å². The Balaban J connectivity index is 2.20. The number of carbonyl (C=O) groups is 1. The maximum absolute atomic E-state index is 11.5. The summed E-state index contributed by atoms with van der Waals surface area (Å²) in [5.41, 5.74) is 1.66. The van der Waals surface area contributed by atoms with Crippen LogP contribution in [0.2, 0.25) is 0 Å². The quantitative estimate of drug-likeness (QED) is 0.586. The van der Waals surface area contributed by atoms with Gasteiger partial charge in [0.1, 0.15) is 11.9 Å². The summed E-state index contributed by atoms with van der Waals surface area (Å²) >= 11 is 0. The summed E-state index contributed by atoms with van der Waals surface area (Å²) in [6.07, 6.45) is 0.799. The van der Waals surface area contributed by atoms with Crippen molar-refractivity contribution >= 4 is 6.29 Å². The second-order valence-corrected chi connectivity index (χ2v) is 5.18. The molecule has 0 saturated heterocycles. The van der Waals surface area contributed by atoms with Crippen molar-refractivity contribution in [3.05, 3.63) is 107 Å². The summed E-state index contributed by atoms with van der Waals surface area (Å²) in [7, 11) is 0. The summed E-state index contributed by atoms with van der Waals surface area (Å²) in [6.45, 7) is 0. The molecule has 0 amide bonds. The zero-order valence-corrected chi connectivity index (χ0v) is 12.0. The van der Waals surface area contributed by atoms with E-state index >= 15 is 0 Å². The molecule has 2 nitrogen and oxygen atoms in total. The van der Waals surface area contributed by atoms with E-state index in [-0.39, 0.29) is 0 Å². The largest absolute Gasteiger partial charge is 0.376 e. The second kappa shape index (κ2) is 5.96. The van der Waals surface area contributed by atoms with E-state index in [0.29, 0.717) is 5.56 Å². The predicted octanol–water partition coefficient (Wildman–Crippen LogP) is 3.78. The summed E-state index contributed by atoms with van der Waals surface area (Å²) in [5, 5.41) is 11.5. The fourth-order valence-electron chi connectivity index (χ4n) is 2.66. The highest BCUT2D eigenvalue weighted by Crippen LogP contribution is 2.36. The SMILES string of the molecule is O=Cc1ccc(C(O)(c2ccccc2)c2ccccc2)cc1. The Labute approximate surface area is 129 Å². The molecule has 0 spiro atoms. The smallest absolute Gasteiger partial charge is 0.150 e. The standard InChI is InChI=1S/C20H16O2/c21-15-16-11-13-19(14-12-16)20(22,17-7-3-1-4-8-17)18-9-5-2-6-10-18/h1-15,22H. The fourth-order valence-corrected chi connectivity index (χ4v) is 2.66. The van der Waals surface area contributed by atoms with E-state index in [1.165, 1.54) is 0 Å². The lowest BCUT2D eigenvalue weighted by Crippen LogP contribution is -2.28. The van der Waals surface area contributed by atoms with Gasteiger partial charge in [-0.15, -0.1) is 0 Å². The Hall–Kier alpha value is -2.71. The second-order valence-electron chi connectivity index (χ2n) is 5.18. The molecule has 3 aromatic rings. The number of hydrogen-bond acceptors (Lipinski definition) is 2. The van der Waals surface area contributed by atoms with Crippen LogP contribution in [-0.2, 0) is 5.60 Å². The molecule has 0 radical (unpaired) electrons. The van der Waals surface area contributed by atoms with Gasteiger partial charge < -0.3 is 5.11 Å². The Bertz CT molecular complexity index is 707. The summed E-state index contributed by atoms with van der Waals surface area (Å²) in [4.78, 5) is 10.8. The molecule has 0 atom stereocenters. The van der Waals surface area contributed by atoms with Gasteiger partial charge in [-0.3, -0.25) is 4.79 Å². The molecular formula is C20H16O2. The van der Waals surface area contributed by atoms with Crippen LogP contribution in [-0.4, -0.2) is 11.4 Å². The Morgan fingerprint density at radius 1 is 0.636 bits per heavy atom. The van der Waals surface area contributed by atoms with Gasteiger partial charge in [-0.05, 0) is 16.7 Å².